The number of amides is 1. The van der Waals surface area contributed by atoms with Crippen LogP contribution in [-0.2, 0) is 16.0 Å². The zero-order valence-electron chi connectivity index (χ0n) is 13.3. The van der Waals surface area contributed by atoms with E-state index in [0.717, 1.165) is 6.07 Å². The van der Waals surface area contributed by atoms with Crippen LogP contribution in [-0.4, -0.2) is 51.9 Å². The third-order valence-electron chi connectivity index (χ3n) is 3.16. The van der Waals surface area contributed by atoms with E-state index in [-0.39, 0.29) is 18.2 Å². The first kappa shape index (κ1) is 17.6. The standard InChI is InChI=1S/C14H20ClN3O5/c1-14(2,3)23-13(21)17-4-5-22-9(7-17)8-18-10(15)6-11(19)16-12(18)20/h6,9H,4-5,7-8H2,1-3H3,(H,16,19,20)/t9-/m0/s1. The van der Waals surface area contributed by atoms with Crippen LogP contribution in [0.3, 0.4) is 0 Å². The SMILES string of the molecule is CC(C)(C)OC(=O)N1CCO[C@H](Cn2c(Cl)cc(=O)[nH]c2=O)C1. The zero-order chi connectivity index (χ0) is 17.2. The number of nitrogens with zero attached hydrogens (tertiary/aromatic N) is 2. The summed E-state index contributed by atoms with van der Waals surface area (Å²) in [6, 6.07) is 1.12. The fourth-order valence-corrected chi connectivity index (χ4v) is 2.43. The van der Waals surface area contributed by atoms with Crippen molar-refractivity contribution in [1.29, 1.82) is 0 Å². The number of hydrogen-bond donors (Lipinski definition) is 1. The number of hydrogen-bond acceptors (Lipinski definition) is 5. The number of morpholine rings is 1. The molecule has 23 heavy (non-hydrogen) atoms. The van der Waals surface area contributed by atoms with Gasteiger partial charge in [-0.2, -0.15) is 0 Å². The average Bonchev–Trinajstić information content (AvgIpc) is 2.41. The third kappa shape index (κ3) is 4.84. The Morgan fingerprint density at radius 1 is 1.48 bits per heavy atom. The first-order valence-electron chi connectivity index (χ1n) is 7.25. The van der Waals surface area contributed by atoms with Crippen molar-refractivity contribution in [2.45, 2.75) is 39.0 Å². The fraction of sp³-hybridized carbons (Fsp3) is 0.643. The molecule has 9 heteroatoms. The summed E-state index contributed by atoms with van der Waals surface area (Å²) >= 11 is 5.92. The quantitative estimate of drug-likeness (QED) is 0.801. The minimum absolute atomic E-state index is 0.0248. The number of H-pyrrole nitrogens is 1. The molecule has 2 heterocycles. The maximum atomic E-state index is 12.1. The van der Waals surface area contributed by atoms with Gasteiger partial charge in [-0.3, -0.25) is 14.3 Å². The zero-order valence-corrected chi connectivity index (χ0v) is 14.1. The predicted octanol–water partition coefficient (Wildman–Crippen LogP) is 0.826. The minimum atomic E-state index is -0.611. The van der Waals surface area contributed by atoms with Crippen LogP contribution in [0, 0.1) is 0 Å². The number of nitrogens with one attached hydrogen (secondary N) is 1. The summed E-state index contributed by atoms with van der Waals surface area (Å²) in [4.78, 5) is 38.7. The lowest BCUT2D eigenvalue weighted by atomic mass is 10.2. The molecular weight excluding hydrogens is 326 g/mol. The molecule has 1 amide bonds. The van der Waals surface area contributed by atoms with Crippen LogP contribution in [0.5, 0.6) is 0 Å². The topological polar surface area (TPSA) is 93.6 Å². The van der Waals surface area contributed by atoms with Gasteiger partial charge in [0.2, 0.25) is 0 Å². The first-order valence-corrected chi connectivity index (χ1v) is 7.63. The van der Waals surface area contributed by atoms with Crippen LogP contribution in [0.2, 0.25) is 5.15 Å². The minimum Gasteiger partial charge on any atom is -0.444 e. The molecule has 0 aromatic carbocycles. The second-order valence-corrected chi connectivity index (χ2v) is 6.68. The molecule has 1 aliphatic heterocycles. The van der Waals surface area contributed by atoms with Gasteiger partial charge in [-0.25, -0.2) is 9.59 Å². The fourth-order valence-electron chi connectivity index (χ4n) is 2.19. The molecule has 0 saturated carbocycles. The highest BCUT2D eigenvalue weighted by atomic mass is 35.5. The Morgan fingerprint density at radius 2 is 2.17 bits per heavy atom. The largest absolute Gasteiger partial charge is 0.444 e. The second-order valence-electron chi connectivity index (χ2n) is 6.29. The van der Waals surface area contributed by atoms with Crippen molar-refractivity contribution in [3.05, 3.63) is 32.1 Å². The van der Waals surface area contributed by atoms with Gasteiger partial charge in [0.25, 0.3) is 5.56 Å². The molecule has 0 bridgehead atoms. The van der Waals surface area contributed by atoms with Crippen LogP contribution in [0.4, 0.5) is 4.79 Å². The molecule has 0 unspecified atom stereocenters. The van der Waals surface area contributed by atoms with Gasteiger partial charge in [0.05, 0.1) is 25.8 Å². The number of aromatic nitrogens is 2. The van der Waals surface area contributed by atoms with E-state index in [1.807, 2.05) is 0 Å². The molecule has 128 valence electrons. The van der Waals surface area contributed by atoms with Gasteiger partial charge in [-0.1, -0.05) is 11.6 Å². The number of halogens is 1. The van der Waals surface area contributed by atoms with Crippen molar-refractivity contribution in [1.82, 2.24) is 14.5 Å². The summed E-state index contributed by atoms with van der Waals surface area (Å²) in [5.41, 5.74) is -1.75. The van der Waals surface area contributed by atoms with E-state index < -0.39 is 29.0 Å². The van der Waals surface area contributed by atoms with E-state index in [4.69, 9.17) is 21.1 Å². The molecule has 1 aromatic heterocycles. The highest BCUT2D eigenvalue weighted by molar-refractivity contribution is 6.29. The molecule has 1 atom stereocenters. The Kier molecular flexibility index (Phi) is 5.16. The molecule has 0 radical (unpaired) electrons. The number of ether oxygens (including phenoxy) is 2. The lowest BCUT2D eigenvalue weighted by molar-refractivity contribution is -0.0476. The molecular formula is C14H20ClN3O5. The van der Waals surface area contributed by atoms with E-state index in [1.165, 1.54) is 9.47 Å². The molecule has 0 aliphatic carbocycles. The van der Waals surface area contributed by atoms with Crippen molar-refractivity contribution < 1.29 is 14.3 Å². The maximum absolute atomic E-state index is 12.1. The summed E-state index contributed by atoms with van der Waals surface area (Å²) in [7, 11) is 0. The van der Waals surface area contributed by atoms with Gasteiger partial charge in [0.15, 0.2) is 0 Å². The lowest BCUT2D eigenvalue weighted by Crippen LogP contribution is -2.49. The number of carbonyl (C=O) groups is 1. The molecule has 1 N–H and O–H groups in total. The van der Waals surface area contributed by atoms with Gasteiger partial charge in [-0.05, 0) is 20.8 Å². The normalized spacial score (nSPS) is 18.8. The average molecular weight is 346 g/mol. The van der Waals surface area contributed by atoms with Crippen LogP contribution >= 0.6 is 11.6 Å². The highest BCUT2D eigenvalue weighted by Gasteiger charge is 2.28. The van der Waals surface area contributed by atoms with E-state index in [0.29, 0.717) is 13.2 Å². The van der Waals surface area contributed by atoms with E-state index in [9.17, 15) is 14.4 Å². The predicted molar refractivity (Wildman–Crippen MR) is 83.9 cm³/mol. The molecule has 1 saturated heterocycles. The molecule has 1 aliphatic rings. The molecule has 8 nitrogen and oxygen atoms in total. The third-order valence-corrected chi connectivity index (χ3v) is 3.47. The van der Waals surface area contributed by atoms with Crippen molar-refractivity contribution in [3.63, 3.8) is 0 Å². The van der Waals surface area contributed by atoms with Crippen molar-refractivity contribution in [2.75, 3.05) is 19.7 Å². The van der Waals surface area contributed by atoms with Crippen molar-refractivity contribution >= 4 is 17.7 Å². The summed E-state index contributed by atoms with van der Waals surface area (Å²) in [6.07, 6.45) is -0.844. The molecule has 2 rings (SSSR count). The summed E-state index contributed by atoms with van der Waals surface area (Å²) in [5.74, 6) is 0. The van der Waals surface area contributed by atoms with Gasteiger partial charge >= 0.3 is 11.8 Å². The van der Waals surface area contributed by atoms with Gasteiger partial charge in [-0.15, -0.1) is 0 Å². The Balaban J connectivity index is 2.06. The van der Waals surface area contributed by atoms with Crippen LogP contribution in [0.25, 0.3) is 0 Å². The number of rotatable bonds is 2. The van der Waals surface area contributed by atoms with Crippen molar-refractivity contribution in [2.24, 2.45) is 0 Å². The smallest absolute Gasteiger partial charge is 0.410 e. The van der Waals surface area contributed by atoms with E-state index in [1.54, 1.807) is 20.8 Å². The number of carbonyl (C=O) groups excluding carboxylic acids is 1. The lowest BCUT2D eigenvalue weighted by Gasteiger charge is -2.34. The van der Waals surface area contributed by atoms with E-state index in [2.05, 4.69) is 4.98 Å². The Morgan fingerprint density at radius 3 is 2.78 bits per heavy atom. The van der Waals surface area contributed by atoms with Crippen LogP contribution in [0.1, 0.15) is 20.8 Å². The summed E-state index contributed by atoms with van der Waals surface area (Å²) in [5, 5.41) is 0.0248. The number of aromatic amines is 1. The van der Waals surface area contributed by atoms with E-state index >= 15 is 0 Å². The Hall–Kier alpha value is -1.80. The molecule has 1 aromatic rings. The Labute approximate surface area is 137 Å². The summed E-state index contributed by atoms with van der Waals surface area (Å²) < 4.78 is 12.1. The highest BCUT2D eigenvalue weighted by Crippen LogP contribution is 2.14. The second kappa shape index (κ2) is 6.76. The first-order chi connectivity index (χ1) is 10.7. The van der Waals surface area contributed by atoms with Gasteiger partial charge in [0, 0.05) is 12.6 Å². The molecule has 0 spiro atoms. The Bertz CT molecular complexity index is 691. The molecule has 1 fully saturated rings. The van der Waals surface area contributed by atoms with Crippen molar-refractivity contribution in [3.8, 4) is 0 Å². The van der Waals surface area contributed by atoms with Crippen LogP contribution < -0.4 is 11.2 Å². The van der Waals surface area contributed by atoms with Crippen LogP contribution in [0.15, 0.2) is 15.7 Å². The van der Waals surface area contributed by atoms with Gasteiger partial charge < -0.3 is 14.4 Å². The maximum Gasteiger partial charge on any atom is 0.410 e. The summed E-state index contributed by atoms with van der Waals surface area (Å²) in [6.45, 7) is 6.54. The van der Waals surface area contributed by atoms with Gasteiger partial charge in [0.1, 0.15) is 10.8 Å². The monoisotopic (exact) mass is 345 g/mol.